The summed E-state index contributed by atoms with van der Waals surface area (Å²) in [6.45, 7) is 2.66. The molecule has 14 heteroatoms. The zero-order valence-electron chi connectivity index (χ0n) is 19.8. The Bertz CT molecular complexity index is 1200. The van der Waals surface area contributed by atoms with Crippen LogP contribution in [-0.4, -0.2) is 25.3 Å². The lowest BCUT2D eigenvalue weighted by molar-refractivity contribution is -0.143. The average molecular weight is 553 g/mol. The minimum Gasteiger partial charge on any atom is -0.449 e. The van der Waals surface area contributed by atoms with Crippen molar-refractivity contribution in [2.24, 2.45) is 0 Å². The van der Waals surface area contributed by atoms with Crippen LogP contribution in [0.15, 0.2) is 36.4 Å². The molecule has 3 rings (SSSR count). The van der Waals surface area contributed by atoms with Crippen LogP contribution in [0, 0.1) is 11.3 Å². The molecule has 0 N–H and O–H groups in total. The highest BCUT2D eigenvalue weighted by molar-refractivity contribution is 5.95. The van der Waals surface area contributed by atoms with Gasteiger partial charge >= 0.3 is 24.6 Å². The number of carbonyl (C=O) groups is 1. The second-order valence-electron chi connectivity index (χ2n) is 8.36. The van der Waals surface area contributed by atoms with Crippen LogP contribution in [0.2, 0.25) is 0 Å². The molecule has 0 fully saturated rings. The molecule has 0 bridgehead atoms. The minimum atomic E-state index is -5.20. The van der Waals surface area contributed by atoms with Gasteiger partial charge in [-0.3, -0.25) is 4.90 Å². The first-order valence-corrected chi connectivity index (χ1v) is 11.2. The molecule has 1 heterocycles. The highest BCUT2D eigenvalue weighted by Crippen LogP contribution is 2.45. The molecule has 0 aromatic heterocycles. The molecule has 0 radical (unpaired) electrons. The monoisotopic (exact) mass is 553 g/mol. The summed E-state index contributed by atoms with van der Waals surface area (Å²) in [4.78, 5) is 14.7. The Morgan fingerprint density at radius 2 is 1.47 bits per heavy atom. The zero-order chi connectivity index (χ0) is 28.6. The number of anilines is 2. The largest absolute Gasteiger partial charge is 0.449 e. The summed E-state index contributed by atoms with van der Waals surface area (Å²) >= 11 is 0. The van der Waals surface area contributed by atoms with E-state index in [1.807, 2.05) is 0 Å². The van der Waals surface area contributed by atoms with Gasteiger partial charge in [0.25, 0.3) is 0 Å². The van der Waals surface area contributed by atoms with E-state index in [4.69, 9.17) is 4.74 Å². The van der Waals surface area contributed by atoms with Gasteiger partial charge in [0, 0.05) is 6.54 Å². The Balaban J connectivity index is 2.28. The van der Waals surface area contributed by atoms with Crippen LogP contribution < -0.4 is 9.80 Å². The number of benzene rings is 2. The summed E-state index contributed by atoms with van der Waals surface area (Å²) < 4.78 is 126. The molecule has 38 heavy (non-hydrogen) atoms. The summed E-state index contributed by atoms with van der Waals surface area (Å²) in [7, 11) is 0. The van der Waals surface area contributed by atoms with Crippen molar-refractivity contribution in [3.8, 4) is 6.07 Å². The topological polar surface area (TPSA) is 56.6 Å². The maximum Gasteiger partial charge on any atom is 0.416 e. The zero-order valence-corrected chi connectivity index (χ0v) is 19.8. The summed E-state index contributed by atoms with van der Waals surface area (Å²) in [6.07, 6.45) is -16.0. The van der Waals surface area contributed by atoms with Gasteiger partial charge < -0.3 is 9.64 Å². The lowest BCUT2D eigenvalue weighted by Crippen LogP contribution is -2.52. The van der Waals surface area contributed by atoms with Gasteiger partial charge in [0.05, 0.1) is 46.8 Å². The fourth-order valence-electron chi connectivity index (χ4n) is 4.19. The van der Waals surface area contributed by atoms with Crippen LogP contribution in [0.3, 0.4) is 0 Å². The lowest BCUT2D eigenvalue weighted by Gasteiger charge is -2.44. The normalized spacial score (nSPS) is 17.1. The van der Waals surface area contributed by atoms with Gasteiger partial charge in [-0.15, -0.1) is 0 Å². The second-order valence-corrected chi connectivity index (χ2v) is 8.36. The molecule has 0 spiro atoms. The van der Waals surface area contributed by atoms with Gasteiger partial charge in [0.2, 0.25) is 0 Å². The maximum atomic E-state index is 13.5. The molecule has 1 aliphatic heterocycles. The number of ether oxygens (including phenoxy) is 1. The van der Waals surface area contributed by atoms with Crippen molar-refractivity contribution in [2.45, 2.75) is 50.9 Å². The van der Waals surface area contributed by atoms with Crippen molar-refractivity contribution in [3.05, 3.63) is 58.7 Å². The van der Waals surface area contributed by atoms with Crippen molar-refractivity contribution in [1.29, 1.82) is 5.26 Å². The molecule has 2 atom stereocenters. The first-order chi connectivity index (χ1) is 17.5. The minimum absolute atomic E-state index is 0.0727. The summed E-state index contributed by atoms with van der Waals surface area (Å²) in [5, 5.41) is 9.91. The van der Waals surface area contributed by atoms with E-state index in [1.165, 1.54) is 6.92 Å². The standard InChI is InChI=1S/C24H20F9N3O2/c1-3-17-12-35(19-10-14(22(25,26)27)5-6-18(19)36(17)21(37)38-4-2)20(11-34)13-7-15(23(28,29)30)9-16(8-13)24(31,32)33/h5-10,17,20H,3-4,12H2,1-2H3. The maximum absolute atomic E-state index is 13.5. The molecule has 2 aromatic rings. The van der Waals surface area contributed by atoms with E-state index in [9.17, 15) is 49.6 Å². The molecular formula is C24H20F9N3O2. The van der Waals surface area contributed by atoms with E-state index in [-0.39, 0.29) is 37.0 Å². The van der Waals surface area contributed by atoms with Gasteiger partial charge in [-0.1, -0.05) is 6.92 Å². The Hall–Kier alpha value is -3.63. The predicted molar refractivity (Wildman–Crippen MR) is 117 cm³/mol. The van der Waals surface area contributed by atoms with Crippen LogP contribution in [0.25, 0.3) is 0 Å². The number of nitrogens with zero attached hydrogens (tertiary/aromatic N) is 3. The van der Waals surface area contributed by atoms with E-state index < -0.39 is 59.0 Å². The number of amides is 1. The molecule has 0 saturated carbocycles. The fraction of sp³-hybridized carbons (Fsp3) is 0.417. The van der Waals surface area contributed by atoms with Crippen LogP contribution in [0.4, 0.5) is 55.7 Å². The Morgan fingerprint density at radius 1 is 0.921 bits per heavy atom. The average Bonchev–Trinajstić information content (AvgIpc) is 2.82. The lowest BCUT2D eigenvalue weighted by atomic mass is 9.95. The fourth-order valence-corrected chi connectivity index (χ4v) is 4.19. The molecule has 2 aromatic carbocycles. The molecule has 0 saturated heterocycles. The number of alkyl halides is 9. The number of carbonyl (C=O) groups excluding carboxylic acids is 1. The molecule has 5 nitrogen and oxygen atoms in total. The van der Waals surface area contributed by atoms with E-state index in [1.54, 1.807) is 13.0 Å². The SMILES string of the molecule is CCOC(=O)N1c2ccc(C(F)(F)F)cc2N(C(C#N)c2cc(C(F)(F)F)cc(C(F)(F)F)c2)CC1CC. The summed E-state index contributed by atoms with van der Waals surface area (Å²) in [6, 6.07) is 1.76. The van der Waals surface area contributed by atoms with Crippen LogP contribution in [0.1, 0.15) is 48.6 Å². The highest BCUT2D eigenvalue weighted by Gasteiger charge is 2.42. The number of fused-ring (bicyclic) bond motifs is 1. The summed E-state index contributed by atoms with van der Waals surface area (Å²) in [5.74, 6) is 0. The van der Waals surface area contributed by atoms with Crippen molar-refractivity contribution in [2.75, 3.05) is 23.0 Å². The number of hydrogen-bond donors (Lipinski definition) is 0. The third-order valence-corrected chi connectivity index (χ3v) is 5.94. The van der Waals surface area contributed by atoms with E-state index in [2.05, 4.69) is 0 Å². The van der Waals surface area contributed by atoms with E-state index >= 15 is 0 Å². The van der Waals surface area contributed by atoms with Crippen molar-refractivity contribution in [1.82, 2.24) is 0 Å². The molecule has 0 aliphatic carbocycles. The van der Waals surface area contributed by atoms with E-state index in [0.717, 1.165) is 15.9 Å². The number of nitriles is 1. The first-order valence-electron chi connectivity index (χ1n) is 11.2. The van der Waals surface area contributed by atoms with E-state index in [0.29, 0.717) is 24.3 Å². The predicted octanol–water partition coefficient (Wildman–Crippen LogP) is 7.57. The first kappa shape index (κ1) is 28.9. The van der Waals surface area contributed by atoms with Crippen LogP contribution in [0.5, 0.6) is 0 Å². The Morgan fingerprint density at radius 3 is 1.92 bits per heavy atom. The smallest absolute Gasteiger partial charge is 0.416 e. The van der Waals surface area contributed by atoms with Gasteiger partial charge in [-0.2, -0.15) is 44.8 Å². The van der Waals surface area contributed by atoms with Crippen molar-refractivity contribution >= 4 is 17.5 Å². The second kappa shape index (κ2) is 10.3. The molecular weight excluding hydrogens is 533 g/mol. The number of hydrogen-bond acceptors (Lipinski definition) is 4. The third kappa shape index (κ3) is 5.76. The summed E-state index contributed by atoms with van der Waals surface area (Å²) in [5.41, 5.74) is -5.80. The molecule has 1 amide bonds. The Labute approximate surface area is 211 Å². The van der Waals surface area contributed by atoms with Gasteiger partial charge in [-0.05, 0) is 55.3 Å². The molecule has 206 valence electrons. The van der Waals surface area contributed by atoms with Crippen LogP contribution >= 0.6 is 0 Å². The van der Waals surface area contributed by atoms with Gasteiger partial charge in [0.15, 0.2) is 0 Å². The number of halogens is 9. The van der Waals surface area contributed by atoms with Gasteiger partial charge in [-0.25, -0.2) is 4.79 Å². The van der Waals surface area contributed by atoms with Gasteiger partial charge in [0.1, 0.15) is 6.04 Å². The number of rotatable bonds is 4. The Kier molecular flexibility index (Phi) is 7.81. The van der Waals surface area contributed by atoms with Crippen LogP contribution in [-0.2, 0) is 23.3 Å². The highest BCUT2D eigenvalue weighted by atomic mass is 19.4. The van der Waals surface area contributed by atoms with Crippen molar-refractivity contribution in [3.63, 3.8) is 0 Å². The third-order valence-electron chi connectivity index (χ3n) is 5.94. The van der Waals surface area contributed by atoms with Crippen molar-refractivity contribution < 1.29 is 49.0 Å². The molecule has 1 aliphatic rings. The quantitative estimate of drug-likeness (QED) is 0.367. The molecule has 2 unspecified atom stereocenters.